The third-order valence-corrected chi connectivity index (χ3v) is 6.21. The topological polar surface area (TPSA) is 56.5 Å². The lowest BCUT2D eigenvalue weighted by Gasteiger charge is -2.08. The predicted molar refractivity (Wildman–Crippen MR) is 115 cm³/mol. The zero-order chi connectivity index (χ0) is 19.3. The van der Waals surface area contributed by atoms with Gasteiger partial charge in [0.15, 0.2) is 5.82 Å². The summed E-state index contributed by atoms with van der Waals surface area (Å²) in [7, 11) is 0. The molecule has 5 nitrogen and oxygen atoms in total. The van der Waals surface area contributed by atoms with Gasteiger partial charge < -0.3 is 4.74 Å². The summed E-state index contributed by atoms with van der Waals surface area (Å²) >= 11 is 2.91. The van der Waals surface area contributed by atoms with Crippen LogP contribution in [0.3, 0.4) is 0 Å². The van der Waals surface area contributed by atoms with E-state index in [4.69, 9.17) is 4.74 Å². The Morgan fingerprint density at radius 1 is 1.14 bits per heavy atom. The van der Waals surface area contributed by atoms with Crippen molar-refractivity contribution < 1.29 is 4.74 Å². The summed E-state index contributed by atoms with van der Waals surface area (Å²) in [5.41, 5.74) is 0.756. The van der Waals surface area contributed by atoms with Crippen molar-refractivity contribution in [1.29, 1.82) is 0 Å². The molecule has 0 bridgehead atoms. The summed E-state index contributed by atoms with van der Waals surface area (Å²) in [6.07, 6.45) is 6.52. The van der Waals surface area contributed by atoms with E-state index in [1.165, 1.54) is 35.1 Å². The van der Waals surface area contributed by atoms with Gasteiger partial charge in [-0.25, -0.2) is 0 Å². The molecule has 0 radical (unpaired) electrons. The van der Waals surface area contributed by atoms with Crippen LogP contribution >= 0.6 is 22.7 Å². The van der Waals surface area contributed by atoms with Crippen molar-refractivity contribution in [1.82, 2.24) is 14.6 Å². The van der Waals surface area contributed by atoms with Gasteiger partial charge in [0.25, 0.3) is 5.56 Å². The highest BCUT2D eigenvalue weighted by Gasteiger charge is 2.13. The highest BCUT2D eigenvalue weighted by molar-refractivity contribution is 7.15. The number of nitrogens with zero attached hydrogens (tertiary/aromatic N) is 3. The minimum Gasteiger partial charge on any atom is -0.493 e. The average molecular weight is 412 g/mol. The number of hydrogen-bond acceptors (Lipinski definition) is 6. The van der Waals surface area contributed by atoms with Crippen molar-refractivity contribution in [2.45, 2.75) is 32.6 Å². The van der Waals surface area contributed by atoms with Gasteiger partial charge in [-0.2, -0.15) is 9.50 Å². The first-order valence-corrected chi connectivity index (χ1v) is 11.1. The number of fused-ring (bicyclic) bond motifs is 1. The van der Waals surface area contributed by atoms with Crippen LogP contribution in [0.4, 0.5) is 0 Å². The molecule has 0 aliphatic heterocycles. The molecular formula is C21H21N3O2S2. The lowest BCUT2D eigenvalue weighted by atomic mass is 10.2. The van der Waals surface area contributed by atoms with E-state index >= 15 is 0 Å². The molecule has 0 aliphatic carbocycles. The average Bonchev–Trinajstić information content (AvgIpc) is 3.42. The molecule has 0 unspecified atom stereocenters. The minimum absolute atomic E-state index is 0.145. The van der Waals surface area contributed by atoms with E-state index < -0.39 is 0 Å². The number of hydrogen-bond donors (Lipinski definition) is 0. The molecule has 4 rings (SSSR count). The third-order valence-electron chi connectivity index (χ3n) is 4.38. The maximum absolute atomic E-state index is 12.8. The Bertz CT molecular complexity index is 1160. The van der Waals surface area contributed by atoms with Crippen molar-refractivity contribution in [3.05, 3.63) is 62.2 Å². The Balaban J connectivity index is 1.61. The van der Waals surface area contributed by atoms with Crippen molar-refractivity contribution in [2.24, 2.45) is 0 Å². The smallest absolute Gasteiger partial charge is 0.291 e. The standard InChI is InChI=1S/C21H21N3O2S2/c1-2-3-4-7-12-26-16-10-6-5-9-15(16)14-18-20(25)24-21(28-18)22-19(23-24)17-11-8-13-27-17/h5-6,8-11,13-14H,2-4,7,12H2,1H3/b18-14+. The molecule has 144 valence electrons. The minimum atomic E-state index is -0.145. The van der Waals surface area contributed by atoms with Gasteiger partial charge in [0.1, 0.15) is 5.75 Å². The summed E-state index contributed by atoms with van der Waals surface area (Å²) < 4.78 is 7.95. The van der Waals surface area contributed by atoms with Crippen LogP contribution in [0.15, 0.2) is 46.6 Å². The molecule has 0 saturated carbocycles. The SMILES string of the molecule is CCCCCCOc1ccccc1/C=c1/sc2nc(-c3cccs3)nn2c1=O. The monoisotopic (exact) mass is 411 g/mol. The Morgan fingerprint density at radius 3 is 2.82 bits per heavy atom. The quantitative estimate of drug-likeness (QED) is 0.404. The Kier molecular flexibility index (Phi) is 5.83. The number of unbranched alkanes of at least 4 members (excludes halogenated alkanes) is 3. The second-order valence-corrected chi connectivity index (χ2v) is 8.43. The third kappa shape index (κ3) is 4.00. The van der Waals surface area contributed by atoms with Crippen molar-refractivity contribution >= 4 is 33.7 Å². The van der Waals surface area contributed by atoms with E-state index in [-0.39, 0.29) is 5.56 Å². The normalized spacial score (nSPS) is 12.1. The van der Waals surface area contributed by atoms with Crippen LogP contribution in [-0.2, 0) is 0 Å². The number of aromatic nitrogens is 3. The van der Waals surface area contributed by atoms with E-state index in [0.29, 0.717) is 21.9 Å². The molecule has 0 fully saturated rings. The van der Waals surface area contributed by atoms with Crippen molar-refractivity contribution in [2.75, 3.05) is 6.61 Å². The van der Waals surface area contributed by atoms with E-state index in [0.717, 1.165) is 22.6 Å². The molecule has 28 heavy (non-hydrogen) atoms. The second-order valence-electron chi connectivity index (χ2n) is 6.47. The van der Waals surface area contributed by atoms with Gasteiger partial charge in [-0.3, -0.25) is 4.79 Å². The van der Waals surface area contributed by atoms with Gasteiger partial charge in [-0.1, -0.05) is 61.8 Å². The van der Waals surface area contributed by atoms with Crippen LogP contribution in [0, 0.1) is 0 Å². The molecule has 7 heteroatoms. The first kappa shape index (κ1) is 18.8. The van der Waals surface area contributed by atoms with Gasteiger partial charge in [0, 0.05) is 5.56 Å². The molecule has 1 aromatic carbocycles. The van der Waals surface area contributed by atoms with Gasteiger partial charge >= 0.3 is 0 Å². The molecule has 4 aromatic rings. The van der Waals surface area contributed by atoms with Crippen LogP contribution in [0.5, 0.6) is 5.75 Å². The zero-order valence-corrected chi connectivity index (χ0v) is 17.3. The van der Waals surface area contributed by atoms with E-state index in [1.807, 2.05) is 47.9 Å². The number of rotatable bonds is 8. The largest absolute Gasteiger partial charge is 0.493 e. The molecule has 0 saturated heterocycles. The fourth-order valence-electron chi connectivity index (χ4n) is 2.93. The predicted octanol–water partition coefficient (Wildman–Crippen LogP) is 4.39. The molecule has 0 amide bonds. The molecular weight excluding hydrogens is 390 g/mol. The number of ether oxygens (including phenoxy) is 1. The highest BCUT2D eigenvalue weighted by Crippen LogP contribution is 2.22. The van der Waals surface area contributed by atoms with Crippen LogP contribution in [-0.4, -0.2) is 21.2 Å². The lowest BCUT2D eigenvalue weighted by molar-refractivity contribution is 0.304. The summed E-state index contributed by atoms with van der Waals surface area (Å²) in [6.45, 7) is 2.89. The van der Waals surface area contributed by atoms with Crippen LogP contribution in [0.1, 0.15) is 38.2 Å². The fraction of sp³-hybridized carbons (Fsp3) is 0.286. The van der Waals surface area contributed by atoms with Crippen LogP contribution in [0.25, 0.3) is 21.7 Å². The van der Waals surface area contributed by atoms with Gasteiger partial charge in [0.05, 0.1) is 16.0 Å². The first-order valence-electron chi connectivity index (χ1n) is 9.43. The molecule has 0 aliphatic rings. The Morgan fingerprint density at radius 2 is 2.04 bits per heavy atom. The molecule has 0 atom stereocenters. The second kappa shape index (κ2) is 8.67. The number of benzene rings is 1. The van der Waals surface area contributed by atoms with Crippen LogP contribution in [0.2, 0.25) is 0 Å². The summed E-state index contributed by atoms with van der Waals surface area (Å²) in [6, 6.07) is 11.7. The number of para-hydroxylation sites is 1. The van der Waals surface area contributed by atoms with Crippen LogP contribution < -0.4 is 14.8 Å². The summed E-state index contributed by atoms with van der Waals surface area (Å²) in [4.78, 5) is 18.8. The number of thiazole rings is 1. The van der Waals surface area contributed by atoms with E-state index in [1.54, 1.807) is 11.3 Å². The van der Waals surface area contributed by atoms with E-state index in [9.17, 15) is 4.79 Å². The van der Waals surface area contributed by atoms with Crippen molar-refractivity contribution in [3.8, 4) is 16.5 Å². The fourth-order valence-corrected chi connectivity index (χ4v) is 4.48. The van der Waals surface area contributed by atoms with Gasteiger partial charge in [-0.05, 0) is 30.0 Å². The van der Waals surface area contributed by atoms with E-state index in [2.05, 4.69) is 17.0 Å². The highest BCUT2D eigenvalue weighted by atomic mass is 32.1. The molecule has 0 N–H and O–H groups in total. The molecule has 3 aromatic heterocycles. The maximum atomic E-state index is 12.8. The lowest BCUT2D eigenvalue weighted by Crippen LogP contribution is -2.23. The number of thiophene rings is 1. The Hall–Kier alpha value is -2.51. The zero-order valence-electron chi connectivity index (χ0n) is 15.6. The summed E-state index contributed by atoms with van der Waals surface area (Å²) in [5.74, 6) is 1.40. The van der Waals surface area contributed by atoms with Gasteiger partial charge in [-0.15, -0.1) is 16.4 Å². The maximum Gasteiger partial charge on any atom is 0.291 e. The Labute approximate surface area is 170 Å². The molecule has 3 heterocycles. The van der Waals surface area contributed by atoms with Crippen molar-refractivity contribution in [3.63, 3.8) is 0 Å². The van der Waals surface area contributed by atoms with Gasteiger partial charge in [0.2, 0.25) is 4.96 Å². The summed E-state index contributed by atoms with van der Waals surface area (Å²) in [5, 5.41) is 6.35. The first-order chi connectivity index (χ1) is 13.8. The molecule has 0 spiro atoms.